The fourth-order valence-corrected chi connectivity index (χ4v) is 2.88. The Morgan fingerprint density at radius 3 is 2.42 bits per heavy atom. The molecule has 0 aromatic heterocycles. The van der Waals surface area contributed by atoms with E-state index in [0.717, 1.165) is 11.1 Å². The first-order chi connectivity index (χ1) is 9.31. The van der Waals surface area contributed by atoms with E-state index in [1.165, 1.54) is 0 Å². The molecule has 0 saturated carbocycles. The molecular formula is C15H16FNOS. The summed E-state index contributed by atoms with van der Waals surface area (Å²) >= 11 is 0. The molecule has 2 rings (SSSR count). The highest BCUT2D eigenvalue weighted by molar-refractivity contribution is 7.83. The van der Waals surface area contributed by atoms with Crippen molar-refractivity contribution in [3.8, 4) is 0 Å². The van der Waals surface area contributed by atoms with Crippen molar-refractivity contribution in [2.45, 2.75) is 17.9 Å². The molecule has 1 N–H and O–H groups in total. The molecule has 0 fully saturated rings. The Hall–Kier alpha value is -1.52. The molecule has 2 nitrogen and oxygen atoms in total. The standard InChI is InChI=1S/C15H16FNOS/c16-11-10-14-8-4-5-9-15(14)19(18)17-12-13-6-2-1-3-7-13/h1-9,17H,10-12H2. The summed E-state index contributed by atoms with van der Waals surface area (Å²) in [6.45, 7) is 0.0876. The van der Waals surface area contributed by atoms with Crippen molar-refractivity contribution >= 4 is 11.0 Å². The Kier molecular flexibility index (Phi) is 5.24. The predicted molar refractivity (Wildman–Crippen MR) is 75.8 cm³/mol. The smallest absolute Gasteiger partial charge is 0.125 e. The van der Waals surface area contributed by atoms with Crippen molar-refractivity contribution in [3.05, 3.63) is 65.7 Å². The summed E-state index contributed by atoms with van der Waals surface area (Å²) < 4.78 is 27.6. The van der Waals surface area contributed by atoms with Gasteiger partial charge >= 0.3 is 0 Å². The van der Waals surface area contributed by atoms with Crippen LogP contribution in [0.25, 0.3) is 0 Å². The molecule has 0 aliphatic rings. The molecule has 1 unspecified atom stereocenters. The summed E-state index contributed by atoms with van der Waals surface area (Å²) in [6.07, 6.45) is 0.301. The van der Waals surface area contributed by atoms with Gasteiger partial charge < -0.3 is 0 Å². The molecule has 0 radical (unpaired) electrons. The number of aryl methyl sites for hydroxylation is 1. The van der Waals surface area contributed by atoms with E-state index in [9.17, 15) is 8.60 Å². The topological polar surface area (TPSA) is 29.1 Å². The summed E-state index contributed by atoms with van der Waals surface area (Å²) in [6, 6.07) is 17.0. The zero-order chi connectivity index (χ0) is 13.5. The minimum atomic E-state index is -1.31. The lowest BCUT2D eigenvalue weighted by Gasteiger charge is -2.09. The van der Waals surface area contributed by atoms with Crippen molar-refractivity contribution in [3.63, 3.8) is 0 Å². The summed E-state index contributed by atoms with van der Waals surface area (Å²) in [5.74, 6) is 0. The van der Waals surface area contributed by atoms with Gasteiger partial charge in [0.1, 0.15) is 11.0 Å². The van der Waals surface area contributed by atoms with Gasteiger partial charge in [-0.1, -0.05) is 48.5 Å². The lowest BCUT2D eigenvalue weighted by Crippen LogP contribution is -2.18. The first-order valence-corrected chi connectivity index (χ1v) is 7.29. The number of hydrogen-bond donors (Lipinski definition) is 1. The van der Waals surface area contributed by atoms with Crippen LogP contribution in [0.4, 0.5) is 4.39 Å². The highest BCUT2D eigenvalue weighted by atomic mass is 32.2. The lowest BCUT2D eigenvalue weighted by molar-refractivity contribution is 0.493. The maximum absolute atomic E-state index is 12.5. The third-order valence-corrected chi connectivity index (χ3v) is 3.99. The monoisotopic (exact) mass is 277 g/mol. The van der Waals surface area contributed by atoms with Gasteiger partial charge in [-0.15, -0.1) is 0 Å². The van der Waals surface area contributed by atoms with E-state index in [0.29, 0.717) is 17.9 Å². The van der Waals surface area contributed by atoms with Gasteiger partial charge in [0.25, 0.3) is 0 Å². The van der Waals surface area contributed by atoms with E-state index in [1.54, 1.807) is 6.07 Å². The molecule has 1 atom stereocenters. The second kappa shape index (κ2) is 7.16. The van der Waals surface area contributed by atoms with Crippen LogP contribution in [-0.2, 0) is 24.0 Å². The summed E-state index contributed by atoms with van der Waals surface area (Å²) in [4.78, 5) is 0.663. The van der Waals surface area contributed by atoms with Gasteiger partial charge in [-0.2, -0.15) is 0 Å². The number of alkyl halides is 1. The normalized spacial score (nSPS) is 12.3. The van der Waals surface area contributed by atoms with Crippen LogP contribution >= 0.6 is 0 Å². The van der Waals surface area contributed by atoms with Gasteiger partial charge in [-0.25, -0.2) is 8.93 Å². The average Bonchev–Trinajstić information content (AvgIpc) is 2.47. The van der Waals surface area contributed by atoms with E-state index in [-0.39, 0.29) is 0 Å². The first-order valence-electron chi connectivity index (χ1n) is 6.14. The highest BCUT2D eigenvalue weighted by Gasteiger charge is 2.08. The third kappa shape index (κ3) is 3.98. The van der Waals surface area contributed by atoms with Gasteiger partial charge in [0.05, 0.1) is 11.6 Å². The van der Waals surface area contributed by atoms with Crippen molar-refractivity contribution in [2.75, 3.05) is 6.67 Å². The van der Waals surface area contributed by atoms with E-state index in [1.807, 2.05) is 48.5 Å². The second-order valence-electron chi connectivity index (χ2n) is 4.12. The van der Waals surface area contributed by atoms with Gasteiger partial charge in [0, 0.05) is 13.0 Å². The number of rotatable bonds is 6. The number of nitrogens with one attached hydrogen (secondary N) is 1. The average molecular weight is 277 g/mol. The zero-order valence-electron chi connectivity index (χ0n) is 10.5. The van der Waals surface area contributed by atoms with Crippen LogP contribution in [0.15, 0.2) is 59.5 Å². The minimum absolute atomic E-state index is 0.301. The summed E-state index contributed by atoms with van der Waals surface area (Å²) in [7, 11) is -1.31. The van der Waals surface area contributed by atoms with E-state index >= 15 is 0 Å². The molecule has 2 aromatic rings. The van der Waals surface area contributed by atoms with E-state index in [2.05, 4.69) is 4.72 Å². The van der Waals surface area contributed by atoms with E-state index in [4.69, 9.17) is 0 Å². The van der Waals surface area contributed by atoms with Crippen molar-refractivity contribution < 1.29 is 8.60 Å². The predicted octanol–water partition coefficient (Wildman–Crippen LogP) is 3.01. The lowest BCUT2D eigenvalue weighted by atomic mass is 10.2. The van der Waals surface area contributed by atoms with Crippen LogP contribution in [-0.4, -0.2) is 10.9 Å². The molecule has 2 aromatic carbocycles. The Labute approximate surface area is 115 Å². The fraction of sp³-hybridized carbons (Fsp3) is 0.200. The maximum atomic E-state index is 12.5. The summed E-state index contributed by atoms with van der Waals surface area (Å²) in [5, 5.41) is 0. The Morgan fingerprint density at radius 2 is 1.68 bits per heavy atom. The quantitative estimate of drug-likeness (QED) is 0.864. The molecule has 0 heterocycles. The second-order valence-corrected chi connectivity index (χ2v) is 5.39. The van der Waals surface area contributed by atoms with Crippen molar-refractivity contribution in [1.29, 1.82) is 0 Å². The van der Waals surface area contributed by atoms with Crippen LogP contribution in [0.5, 0.6) is 0 Å². The molecule has 0 aliphatic heterocycles. The van der Waals surface area contributed by atoms with Gasteiger partial charge in [0.2, 0.25) is 0 Å². The third-order valence-electron chi connectivity index (χ3n) is 2.79. The Bertz CT molecular complexity index is 545. The van der Waals surface area contributed by atoms with Crippen LogP contribution in [0.2, 0.25) is 0 Å². The highest BCUT2D eigenvalue weighted by Crippen LogP contribution is 2.13. The SMILES string of the molecule is O=S(NCc1ccccc1)c1ccccc1CCF. The molecule has 0 bridgehead atoms. The number of benzene rings is 2. The van der Waals surface area contributed by atoms with E-state index < -0.39 is 17.7 Å². The van der Waals surface area contributed by atoms with Crippen LogP contribution in [0.3, 0.4) is 0 Å². The maximum Gasteiger partial charge on any atom is 0.125 e. The molecule has 4 heteroatoms. The van der Waals surface area contributed by atoms with Gasteiger partial charge in [-0.05, 0) is 17.2 Å². The molecule has 0 aliphatic carbocycles. The molecule has 100 valence electrons. The molecule has 0 amide bonds. The molecule has 19 heavy (non-hydrogen) atoms. The number of halogens is 1. The van der Waals surface area contributed by atoms with Crippen LogP contribution in [0.1, 0.15) is 11.1 Å². The van der Waals surface area contributed by atoms with Crippen molar-refractivity contribution in [1.82, 2.24) is 4.72 Å². The molecule has 0 spiro atoms. The first kappa shape index (κ1) is 13.9. The largest absolute Gasteiger partial charge is 0.251 e. The van der Waals surface area contributed by atoms with Crippen LogP contribution < -0.4 is 4.72 Å². The number of hydrogen-bond acceptors (Lipinski definition) is 1. The Morgan fingerprint density at radius 1 is 1.00 bits per heavy atom. The Balaban J connectivity index is 2.04. The zero-order valence-corrected chi connectivity index (χ0v) is 11.3. The van der Waals surface area contributed by atoms with Gasteiger partial charge in [-0.3, -0.25) is 4.39 Å². The van der Waals surface area contributed by atoms with Crippen molar-refractivity contribution in [2.24, 2.45) is 0 Å². The molecular weight excluding hydrogens is 261 g/mol. The van der Waals surface area contributed by atoms with Gasteiger partial charge in [0.15, 0.2) is 0 Å². The minimum Gasteiger partial charge on any atom is -0.251 e. The summed E-state index contributed by atoms with van der Waals surface area (Å²) in [5.41, 5.74) is 1.86. The molecule has 0 saturated heterocycles. The fourth-order valence-electron chi connectivity index (χ4n) is 1.82. The van der Waals surface area contributed by atoms with Crippen LogP contribution in [0, 0.1) is 0 Å².